The molecule has 5 heteroatoms. The Bertz CT molecular complexity index is 605. The first-order valence-electron chi connectivity index (χ1n) is 7.93. The van der Waals surface area contributed by atoms with Crippen LogP contribution in [0.5, 0.6) is 11.5 Å². The van der Waals surface area contributed by atoms with Gasteiger partial charge >= 0.3 is 0 Å². The summed E-state index contributed by atoms with van der Waals surface area (Å²) >= 11 is 6.37. The van der Waals surface area contributed by atoms with Gasteiger partial charge in [0.15, 0.2) is 11.5 Å². The van der Waals surface area contributed by atoms with Crippen molar-refractivity contribution in [3.63, 3.8) is 0 Å². The molecule has 23 heavy (non-hydrogen) atoms. The molecule has 0 bridgehead atoms. The van der Waals surface area contributed by atoms with Crippen molar-refractivity contribution in [2.75, 3.05) is 13.2 Å². The third-order valence-electron chi connectivity index (χ3n) is 3.22. The lowest BCUT2D eigenvalue weighted by Gasteiger charge is -2.15. The lowest BCUT2D eigenvalue weighted by Crippen LogP contribution is -2.14. The summed E-state index contributed by atoms with van der Waals surface area (Å²) in [4.78, 5) is 4.29. The van der Waals surface area contributed by atoms with E-state index >= 15 is 0 Å². The lowest BCUT2D eigenvalue weighted by molar-refractivity contribution is 0.276. The van der Waals surface area contributed by atoms with E-state index in [1.165, 1.54) is 0 Å². The molecule has 2 aromatic rings. The number of rotatable bonds is 9. The Labute approximate surface area is 142 Å². The van der Waals surface area contributed by atoms with E-state index < -0.39 is 0 Å². The van der Waals surface area contributed by atoms with Gasteiger partial charge in [-0.25, -0.2) is 0 Å². The first-order chi connectivity index (χ1) is 11.2. The van der Waals surface area contributed by atoms with Gasteiger partial charge in [-0.1, -0.05) is 24.6 Å². The Balaban J connectivity index is 2.04. The quantitative estimate of drug-likeness (QED) is 0.746. The van der Waals surface area contributed by atoms with Crippen molar-refractivity contribution in [3.05, 3.63) is 52.8 Å². The second kappa shape index (κ2) is 9.38. The molecular formula is C18H23ClN2O2. The molecule has 1 N–H and O–H groups in total. The summed E-state index contributed by atoms with van der Waals surface area (Å²) < 4.78 is 11.4. The number of pyridine rings is 1. The molecule has 4 nitrogen and oxygen atoms in total. The molecule has 0 atom stereocenters. The van der Waals surface area contributed by atoms with E-state index in [-0.39, 0.29) is 0 Å². The minimum Gasteiger partial charge on any atom is -0.490 e. The third-order valence-corrected chi connectivity index (χ3v) is 3.57. The van der Waals surface area contributed by atoms with Gasteiger partial charge in [-0.05, 0) is 37.1 Å². The van der Waals surface area contributed by atoms with E-state index in [1.807, 2.05) is 37.3 Å². The van der Waals surface area contributed by atoms with Crippen LogP contribution in [0.4, 0.5) is 0 Å². The van der Waals surface area contributed by atoms with E-state index in [9.17, 15) is 0 Å². The van der Waals surface area contributed by atoms with E-state index in [2.05, 4.69) is 17.2 Å². The number of aromatic nitrogens is 1. The number of ether oxygens (including phenoxy) is 2. The Morgan fingerprint density at radius 3 is 2.61 bits per heavy atom. The van der Waals surface area contributed by atoms with Gasteiger partial charge in [0.2, 0.25) is 0 Å². The Morgan fingerprint density at radius 2 is 1.91 bits per heavy atom. The molecule has 0 amide bonds. The number of benzene rings is 1. The molecule has 0 aliphatic carbocycles. The molecule has 0 spiro atoms. The molecule has 0 aliphatic rings. The summed E-state index contributed by atoms with van der Waals surface area (Å²) in [5, 5.41) is 4.02. The molecule has 1 heterocycles. The van der Waals surface area contributed by atoms with Crippen LogP contribution in [0.25, 0.3) is 0 Å². The highest BCUT2D eigenvalue weighted by atomic mass is 35.5. The van der Waals surface area contributed by atoms with Crippen molar-refractivity contribution in [2.45, 2.75) is 33.4 Å². The smallest absolute Gasteiger partial charge is 0.162 e. The standard InChI is InChI=1S/C18H23ClN2O2/c1-3-9-23-18-11-16(19)14(10-17(18)22-4-2)12-20-13-15-7-5-6-8-21-15/h5-8,10-11,20H,3-4,9,12-13H2,1-2H3. The van der Waals surface area contributed by atoms with Crippen molar-refractivity contribution in [2.24, 2.45) is 0 Å². The molecule has 1 aromatic carbocycles. The molecule has 0 radical (unpaired) electrons. The third kappa shape index (κ3) is 5.41. The normalized spacial score (nSPS) is 10.6. The molecule has 0 saturated carbocycles. The summed E-state index contributed by atoms with van der Waals surface area (Å²) in [7, 11) is 0. The van der Waals surface area contributed by atoms with Gasteiger partial charge in [0.05, 0.1) is 18.9 Å². The number of nitrogens with zero attached hydrogens (tertiary/aromatic N) is 1. The van der Waals surface area contributed by atoms with Gasteiger partial charge in [0.1, 0.15) is 0 Å². The fourth-order valence-corrected chi connectivity index (χ4v) is 2.35. The summed E-state index contributed by atoms with van der Waals surface area (Å²) in [6, 6.07) is 9.65. The van der Waals surface area contributed by atoms with Crippen LogP contribution in [-0.2, 0) is 13.1 Å². The largest absolute Gasteiger partial charge is 0.490 e. The average molecular weight is 335 g/mol. The number of halogens is 1. The molecule has 2 rings (SSSR count). The van der Waals surface area contributed by atoms with Gasteiger partial charge in [0, 0.05) is 30.4 Å². The van der Waals surface area contributed by atoms with Gasteiger partial charge < -0.3 is 14.8 Å². The fourth-order valence-electron chi connectivity index (χ4n) is 2.13. The summed E-state index contributed by atoms with van der Waals surface area (Å²) in [6.45, 7) is 6.59. The minimum atomic E-state index is 0.588. The van der Waals surface area contributed by atoms with Crippen LogP contribution in [-0.4, -0.2) is 18.2 Å². The van der Waals surface area contributed by atoms with Gasteiger partial charge in [-0.2, -0.15) is 0 Å². The Kier molecular flexibility index (Phi) is 7.17. The second-order valence-corrected chi connectivity index (χ2v) is 5.50. The van der Waals surface area contributed by atoms with E-state index in [4.69, 9.17) is 21.1 Å². The van der Waals surface area contributed by atoms with E-state index in [0.29, 0.717) is 37.1 Å². The fraction of sp³-hybridized carbons (Fsp3) is 0.389. The first-order valence-corrected chi connectivity index (χ1v) is 8.31. The van der Waals surface area contributed by atoms with Crippen molar-refractivity contribution in [3.8, 4) is 11.5 Å². The molecule has 0 aliphatic heterocycles. The van der Waals surface area contributed by atoms with Gasteiger partial charge in [-0.3, -0.25) is 4.98 Å². The summed E-state index contributed by atoms with van der Waals surface area (Å²) in [6.07, 6.45) is 2.73. The zero-order chi connectivity index (χ0) is 16.5. The minimum absolute atomic E-state index is 0.588. The average Bonchev–Trinajstić information content (AvgIpc) is 2.57. The molecule has 0 fully saturated rings. The highest BCUT2D eigenvalue weighted by molar-refractivity contribution is 6.31. The lowest BCUT2D eigenvalue weighted by atomic mass is 10.2. The van der Waals surface area contributed by atoms with Gasteiger partial charge in [0.25, 0.3) is 0 Å². The topological polar surface area (TPSA) is 43.4 Å². The van der Waals surface area contributed by atoms with Crippen LogP contribution in [0.1, 0.15) is 31.5 Å². The van der Waals surface area contributed by atoms with Crippen molar-refractivity contribution >= 4 is 11.6 Å². The highest BCUT2D eigenvalue weighted by Crippen LogP contribution is 2.33. The van der Waals surface area contributed by atoms with Crippen LogP contribution >= 0.6 is 11.6 Å². The van der Waals surface area contributed by atoms with E-state index in [1.54, 1.807) is 6.20 Å². The van der Waals surface area contributed by atoms with Crippen LogP contribution < -0.4 is 14.8 Å². The predicted octanol–water partition coefficient (Wildman–Crippen LogP) is 4.21. The van der Waals surface area contributed by atoms with E-state index in [0.717, 1.165) is 23.4 Å². The second-order valence-electron chi connectivity index (χ2n) is 5.10. The maximum atomic E-state index is 6.37. The SMILES string of the molecule is CCCOc1cc(Cl)c(CNCc2ccccn2)cc1OCC. The van der Waals surface area contributed by atoms with Crippen molar-refractivity contribution in [1.82, 2.24) is 10.3 Å². The number of hydrogen-bond acceptors (Lipinski definition) is 4. The Morgan fingerprint density at radius 1 is 1.09 bits per heavy atom. The van der Waals surface area contributed by atoms with Crippen molar-refractivity contribution in [1.29, 1.82) is 0 Å². The molecule has 1 aromatic heterocycles. The highest BCUT2D eigenvalue weighted by Gasteiger charge is 2.11. The maximum absolute atomic E-state index is 6.37. The van der Waals surface area contributed by atoms with Crippen LogP contribution in [0.2, 0.25) is 5.02 Å². The molecular weight excluding hydrogens is 312 g/mol. The number of hydrogen-bond donors (Lipinski definition) is 1. The van der Waals surface area contributed by atoms with Gasteiger partial charge in [-0.15, -0.1) is 0 Å². The molecule has 0 saturated heterocycles. The molecule has 124 valence electrons. The zero-order valence-electron chi connectivity index (χ0n) is 13.6. The van der Waals surface area contributed by atoms with Crippen LogP contribution in [0.15, 0.2) is 36.5 Å². The Hall–Kier alpha value is -1.78. The first kappa shape index (κ1) is 17.6. The maximum Gasteiger partial charge on any atom is 0.162 e. The monoisotopic (exact) mass is 334 g/mol. The summed E-state index contributed by atoms with van der Waals surface area (Å²) in [5.41, 5.74) is 1.98. The predicted molar refractivity (Wildman–Crippen MR) is 93.2 cm³/mol. The number of nitrogens with one attached hydrogen (secondary N) is 1. The van der Waals surface area contributed by atoms with Crippen molar-refractivity contribution < 1.29 is 9.47 Å². The van der Waals surface area contributed by atoms with Crippen LogP contribution in [0, 0.1) is 0 Å². The molecule has 0 unspecified atom stereocenters. The zero-order valence-corrected chi connectivity index (χ0v) is 14.4. The summed E-state index contributed by atoms with van der Waals surface area (Å²) in [5.74, 6) is 1.44. The van der Waals surface area contributed by atoms with Crippen LogP contribution in [0.3, 0.4) is 0 Å².